The minimum absolute atomic E-state index is 0.0433. The first-order chi connectivity index (χ1) is 10.0. The van der Waals surface area contributed by atoms with Crippen molar-refractivity contribution in [3.63, 3.8) is 0 Å². The fraction of sp³-hybridized carbons (Fsp3) is 0.200. The van der Waals surface area contributed by atoms with Gasteiger partial charge in [-0.2, -0.15) is 4.31 Å². The van der Waals surface area contributed by atoms with Crippen molar-refractivity contribution in [1.29, 1.82) is 0 Å². The molecule has 0 aliphatic carbocycles. The Bertz CT molecular complexity index is 670. The average molecular weight is 306 g/mol. The fourth-order valence-electron chi connectivity index (χ4n) is 1.97. The number of benzene rings is 2. The monoisotopic (exact) mass is 306 g/mol. The SMILES string of the molecule is Nc1ccc(S(=O)(=O)N(CCO)Cc2ccccc2)cc1. The van der Waals surface area contributed by atoms with Gasteiger partial charge in [0.25, 0.3) is 0 Å². The van der Waals surface area contributed by atoms with Crippen LogP contribution < -0.4 is 5.73 Å². The maximum absolute atomic E-state index is 12.6. The van der Waals surface area contributed by atoms with Gasteiger partial charge >= 0.3 is 0 Å². The molecule has 21 heavy (non-hydrogen) atoms. The maximum atomic E-state index is 12.6. The highest BCUT2D eigenvalue weighted by molar-refractivity contribution is 7.89. The Morgan fingerprint density at radius 1 is 1.00 bits per heavy atom. The van der Waals surface area contributed by atoms with E-state index in [0.29, 0.717) is 5.69 Å². The van der Waals surface area contributed by atoms with Gasteiger partial charge in [-0.15, -0.1) is 0 Å². The van der Waals surface area contributed by atoms with E-state index in [2.05, 4.69) is 0 Å². The summed E-state index contributed by atoms with van der Waals surface area (Å²) in [6.07, 6.45) is 0. The molecular formula is C15H18N2O3S. The van der Waals surface area contributed by atoms with Crippen molar-refractivity contribution in [2.24, 2.45) is 0 Å². The highest BCUT2D eigenvalue weighted by atomic mass is 32.2. The number of hydrogen-bond acceptors (Lipinski definition) is 4. The number of anilines is 1. The Labute approximate surface area is 124 Å². The van der Waals surface area contributed by atoms with Crippen LogP contribution in [0.4, 0.5) is 5.69 Å². The Hall–Kier alpha value is -1.89. The number of nitrogens with two attached hydrogens (primary N) is 1. The third kappa shape index (κ3) is 3.81. The van der Waals surface area contributed by atoms with E-state index in [0.717, 1.165) is 5.56 Å². The zero-order valence-electron chi connectivity index (χ0n) is 11.5. The molecule has 6 heteroatoms. The molecule has 5 nitrogen and oxygen atoms in total. The normalized spacial score (nSPS) is 11.7. The lowest BCUT2D eigenvalue weighted by Gasteiger charge is -2.21. The van der Waals surface area contributed by atoms with Crippen LogP contribution in [-0.2, 0) is 16.6 Å². The standard InChI is InChI=1S/C15H18N2O3S/c16-14-6-8-15(9-7-14)21(19,20)17(10-11-18)12-13-4-2-1-3-5-13/h1-9,18H,10-12,16H2. The lowest BCUT2D eigenvalue weighted by molar-refractivity contribution is 0.251. The minimum Gasteiger partial charge on any atom is -0.399 e. The predicted octanol–water partition coefficient (Wildman–Crippen LogP) is 1.45. The van der Waals surface area contributed by atoms with Crippen LogP contribution in [0.2, 0.25) is 0 Å². The van der Waals surface area contributed by atoms with Crippen molar-refractivity contribution in [2.75, 3.05) is 18.9 Å². The topological polar surface area (TPSA) is 83.6 Å². The van der Waals surface area contributed by atoms with E-state index in [-0.39, 0.29) is 24.6 Å². The summed E-state index contributed by atoms with van der Waals surface area (Å²) in [6.45, 7) is 0.0246. The Morgan fingerprint density at radius 3 is 2.19 bits per heavy atom. The molecule has 0 saturated carbocycles. The lowest BCUT2D eigenvalue weighted by atomic mass is 10.2. The van der Waals surface area contributed by atoms with Gasteiger partial charge in [-0.1, -0.05) is 30.3 Å². The summed E-state index contributed by atoms with van der Waals surface area (Å²) in [7, 11) is -3.66. The number of nitrogen functional groups attached to an aromatic ring is 1. The molecule has 0 spiro atoms. The molecule has 112 valence electrons. The van der Waals surface area contributed by atoms with Gasteiger partial charge in [-0.05, 0) is 29.8 Å². The number of hydrogen-bond donors (Lipinski definition) is 2. The second-order valence-electron chi connectivity index (χ2n) is 4.62. The summed E-state index contributed by atoms with van der Waals surface area (Å²) < 4.78 is 26.5. The molecule has 0 unspecified atom stereocenters. The van der Waals surface area contributed by atoms with Crippen molar-refractivity contribution in [1.82, 2.24) is 4.31 Å². The van der Waals surface area contributed by atoms with E-state index >= 15 is 0 Å². The average Bonchev–Trinajstić information content (AvgIpc) is 2.48. The number of sulfonamides is 1. The highest BCUT2D eigenvalue weighted by Gasteiger charge is 2.24. The molecule has 0 atom stereocenters. The van der Waals surface area contributed by atoms with E-state index in [4.69, 9.17) is 10.8 Å². The molecule has 3 N–H and O–H groups in total. The Morgan fingerprint density at radius 2 is 1.62 bits per heavy atom. The van der Waals surface area contributed by atoms with Crippen molar-refractivity contribution in [3.8, 4) is 0 Å². The second kappa shape index (κ2) is 6.71. The van der Waals surface area contributed by atoms with Gasteiger partial charge in [-0.25, -0.2) is 8.42 Å². The first-order valence-corrected chi connectivity index (χ1v) is 7.98. The van der Waals surface area contributed by atoms with E-state index in [1.54, 1.807) is 12.1 Å². The number of aliphatic hydroxyl groups is 1. The highest BCUT2D eigenvalue weighted by Crippen LogP contribution is 2.19. The Balaban J connectivity index is 2.30. The van der Waals surface area contributed by atoms with Crippen molar-refractivity contribution >= 4 is 15.7 Å². The molecule has 0 fully saturated rings. The smallest absolute Gasteiger partial charge is 0.243 e. The fourth-order valence-corrected chi connectivity index (χ4v) is 3.39. The first-order valence-electron chi connectivity index (χ1n) is 6.54. The zero-order valence-corrected chi connectivity index (χ0v) is 12.3. The molecule has 0 radical (unpaired) electrons. The van der Waals surface area contributed by atoms with Crippen LogP contribution in [0.25, 0.3) is 0 Å². The number of aliphatic hydroxyl groups excluding tert-OH is 1. The van der Waals surface area contributed by atoms with Crippen LogP contribution in [0.1, 0.15) is 5.56 Å². The lowest BCUT2D eigenvalue weighted by Crippen LogP contribution is -2.33. The van der Waals surface area contributed by atoms with Crippen LogP contribution in [0.5, 0.6) is 0 Å². The second-order valence-corrected chi connectivity index (χ2v) is 6.55. The van der Waals surface area contributed by atoms with Gasteiger partial charge in [-0.3, -0.25) is 0 Å². The van der Waals surface area contributed by atoms with Crippen molar-refractivity contribution in [3.05, 3.63) is 60.2 Å². The number of nitrogens with zero attached hydrogens (tertiary/aromatic N) is 1. The summed E-state index contributed by atoms with van der Waals surface area (Å²) >= 11 is 0. The molecule has 0 aliphatic heterocycles. The summed E-state index contributed by atoms with van der Waals surface area (Å²) in [5.41, 5.74) is 6.95. The molecule has 2 aromatic rings. The molecular weight excluding hydrogens is 288 g/mol. The Kier molecular flexibility index (Phi) is 4.95. The maximum Gasteiger partial charge on any atom is 0.243 e. The number of rotatable bonds is 6. The van der Waals surface area contributed by atoms with Crippen LogP contribution >= 0.6 is 0 Å². The predicted molar refractivity (Wildman–Crippen MR) is 82.0 cm³/mol. The summed E-state index contributed by atoms with van der Waals surface area (Å²) in [5, 5.41) is 9.14. The van der Waals surface area contributed by atoms with E-state index in [1.807, 2.05) is 30.3 Å². The van der Waals surface area contributed by atoms with Crippen molar-refractivity contribution in [2.45, 2.75) is 11.4 Å². The third-order valence-electron chi connectivity index (χ3n) is 3.07. The molecule has 0 amide bonds. The van der Waals surface area contributed by atoms with E-state index < -0.39 is 10.0 Å². The van der Waals surface area contributed by atoms with Crippen LogP contribution in [0, 0.1) is 0 Å². The van der Waals surface area contributed by atoms with Gasteiger partial charge in [0.15, 0.2) is 0 Å². The zero-order chi connectivity index (χ0) is 15.3. The van der Waals surface area contributed by atoms with Gasteiger partial charge in [0, 0.05) is 18.8 Å². The summed E-state index contributed by atoms with van der Waals surface area (Å²) in [6, 6.07) is 15.3. The molecule has 0 aromatic heterocycles. The van der Waals surface area contributed by atoms with Gasteiger partial charge in [0.2, 0.25) is 10.0 Å². The molecule has 0 heterocycles. The quantitative estimate of drug-likeness (QED) is 0.791. The summed E-state index contributed by atoms with van der Waals surface area (Å²) in [5.74, 6) is 0. The van der Waals surface area contributed by atoms with Crippen LogP contribution in [0.15, 0.2) is 59.5 Å². The van der Waals surface area contributed by atoms with Gasteiger partial charge in [0.1, 0.15) is 0 Å². The molecule has 2 rings (SSSR count). The van der Waals surface area contributed by atoms with Crippen LogP contribution in [0.3, 0.4) is 0 Å². The molecule has 0 bridgehead atoms. The largest absolute Gasteiger partial charge is 0.399 e. The first kappa shape index (κ1) is 15.5. The van der Waals surface area contributed by atoms with Gasteiger partial charge in [0.05, 0.1) is 11.5 Å². The van der Waals surface area contributed by atoms with Crippen molar-refractivity contribution < 1.29 is 13.5 Å². The molecule has 2 aromatic carbocycles. The van der Waals surface area contributed by atoms with Gasteiger partial charge < -0.3 is 10.8 Å². The van der Waals surface area contributed by atoms with Crippen LogP contribution in [-0.4, -0.2) is 31.0 Å². The summed E-state index contributed by atoms with van der Waals surface area (Å²) in [4.78, 5) is 0.168. The molecule has 0 saturated heterocycles. The van der Waals surface area contributed by atoms with E-state index in [1.165, 1.54) is 16.4 Å². The third-order valence-corrected chi connectivity index (χ3v) is 4.93. The van der Waals surface area contributed by atoms with E-state index in [9.17, 15) is 8.42 Å². The minimum atomic E-state index is -3.66. The molecule has 0 aliphatic rings.